The van der Waals surface area contributed by atoms with Gasteiger partial charge in [0.15, 0.2) is 0 Å². The maximum Gasteiger partial charge on any atom is 0.138 e. The average molecular weight is 258 g/mol. The lowest BCUT2D eigenvalue weighted by molar-refractivity contribution is 0.696. The standard InChI is InChI=1S/C13H14N4S/c1-2-10-3-5-11(6-4-10)8-17-13(15)12(7-16-17)18-9-14/h3-7H,2,8,15H2,1H3. The van der Waals surface area contributed by atoms with E-state index in [-0.39, 0.29) is 0 Å². The average Bonchev–Trinajstić information content (AvgIpc) is 2.73. The van der Waals surface area contributed by atoms with Crippen LogP contribution in [0.1, 0.15) is 18.1 Å². The Hall–Kier alpha value is -1.93. The molecule has 0 aliphatic carbocycles. The monoisotopic (exact) mass is 258 g/mol. The third-order valence-electron chi connectivity index (χ3n) is 2.76. The Bertz CT molecular complexity index is 566. The van der Waals surface area contributed by atoms with Crippen molar-refractivity contribution >= 4 is 17.6 Å². The molecule has 0 radical (unpaired) electrons. The number of hydrogen-bond donors (Lipinski definition) is 1. The Morgan fingerprint density at radius 3 is 2.61 bits per heavy atom. The lowest BCUT2D eigenvalue weighted by atomic mass is 10.1. The van der Waals surface area contributed by atoms with Gasteiger partial charge in [-0.15, -0.1) is 0 Å². The molecule has 0 aliphatic heterocycles. The van der Waals surface area contributed by atoms with Crippen LogP contribution in [-0.4, -0.2) is 9.78 Å². The number of nitriles is 1. The molecule has 92 valence electrons. The van der Waals surface area contributed by atoms with Crippen LogP contribution in [0.2, 0.25) is 0 Å². The second kappa shape index (κ2) is 5.61. The molecule has 2 N–H and O–H groups in total. The number of thioether (sulfide) groups is 1. The maximum atomic E-state index is 8.62. The molecule has 0 amide bonds. The van der Waals surface area contributed by atoms with Gasteiger partial charge in [0.1, 0.15) is 11.2 Å². The summed E-state index contributed by atoms with van der Waals surface area (Å²) in [5.41, 5.74) is 8.38. The van der Waals surface area contributed by atoms with E-state index in [1.807, 2.05) is 5.40 Å². The molecule has 0 spiro atoms. The van der Waals surface area contributed by atoms with Crippen molar-refractivity contribution in [1.29, 1.82) is 5.26 Å². The highest BCUT2D eigenvalue weighted by atomic mass is 32.2. The van der Waals surface area contributed by atoms with Gasteiger partial charge in [-0.2, -0.15) is 10.4 Å². The smallest absolute Gasteiger partial charge is 0.138 e. The fourth-order valence-electron chi connectivity index (χ4n) is 1.68. The molecule has 0 atom stereocenters. The van der Waals surface area contributed by atoms with E-state index in [1.54, 1.807) is 10.9 Å². The molecule has 2 rings (SSSR count). The maximum absolute atomic E-state index is 8.62. The molecule has 0 saturated heterocycles. The van der Waals surface area contributed by atoms with Crippen molar-refractivity contribution in [2.24, 2.45) is 0 Å². The van der Waals surface area contributed by atoms with Gasteiger partial charge in [-0.1, -0.05) is 31.2 Å². The van der Waals surface area contributed by atoms with Crippen molar-refractivity contribution in [3.63, 3.8) is 0 Å². The first-order valence-electron chi connectivity index (χ1n) is 5.69. The Balaban J connectivity index is 2.15. The van der Waals surface area contributed by atoms with Gasteiger partial charge in [0.25, 0.3) is 0 Å². The molecule has 1 aromatic carbocycles. The van der Waals surface area contributed by atoms with Gasteiger partial charge >= 0.3 is 0 Å². The summed E-state index contributed by atoms with van der Waals surface area (Å²) in [7, 11) is 0. The van der Waals surface area contributed by atoms with Crippen LogP contribution in [-0.2, 0) is 13.0 Å². The first-order valence-corrected chi connectivity index (χ1v) is 6.51. The van der Waals surface area contributed by atoms with E-state index in [1.165, 1.54) is 5.56 Å². The largest absolute Gasteiger partial charge is 0.383 e. The van der Waals surface area contributed by atoms with Gasteiger partial charge in [0.2, 0.25) is 0 Å². The van der Waals surface area contributed by atoms with Crippen molar-refractivity contribution < 1.29 is 0 Å². The summed E-state index contributed by atoms with van der Waals surface area (Å²) in [5.74, 6) is 0.543. The summed E-state index contributed by atoms with van der Waals surface area (Å²) in [6, 6.07) is 8.38. The van der Waals surface area contributed by atoms with Crippen molar-refractivity contribution in [2.75, 3.05) is 5.73 Å². The fourth-order valence-corrected chi connectivity index (χ4v) is 2.09. The van der Waals surface area contributed by atoms with Crippen LogP contribution in [0.4, 0.5) is 5.82 Å². The van der Waals surface area contributed by atoms with Crippen LogP contribution in [0.25, 0.3) is 0 Å². The molecular formula is C13H14N4S. The van der Waals surface area contributed by atoms with Gasteiger partial charge in [-0.25, -0.2) is 4.68 Å². The van der Waals surface area contributed by atoms with E-state index in [2.05, 4.69) is 36.3 Å². The van der Waals surface area contributed by atoms with Crippen molar-refractivity contribution in [2.45, 2.75) is 24.8 Å². The second-order valence-corrected chi connectivity index (χ2v) is 4.74. The summed E-state index contributed by atoms with van der Waals surface area (Å²) in [6.45, 7) is 2.76. The van der Waals surface area contributed by atoms with Gasteiger partial charge < -0.3 is 5.73 Å². The molecule has 2 aromatic rings. The minimum Gasteiger partial charge on any atom is -0.383 e. The van der Waals surface area contributed by atoms with Gasteiger partial charge in [0.05, 0.1) is 17.6 Å². The molecule has 0 bridgehead atoms. The van der Waals surface area contributed by atoms with E-state index in [9.17, 15) is 0 Å². The predicted molar refractivity (Wildman–Crippen MR) is 73.0 cm³/mol. The molecule has 0 aliphatic rings. The predicted octanol–water partition coefficient (Wildman–Crippen LogP) is 2.65. The minimum atomic E-state index is 0.543. The van der Waals surface area contributed by atoms with Crippen LogP contribution in [0.3, 0.4) is 0 Å². The van der Waals surface area contributed by atoms with Crippen LogP contribution in [0.15, 0.2) is 35.4 Å². The number of rotatable bonds is 4. The molecule has 18 heavy (non-hydrogen) atoms. The Morgan fingerprint density at radius 2 is 2.00 bits per heavy atom. The summed E-state index contributed by atoms with van der Waals surface area (Å²) >= 11 is 1.04. The van der Waals surface area contributed by atoms with E-state index in [0.29, 0.717) is 17.3 Å². The molecule has 0 unspecified atom stereocenters. The number of thiocyanates is 1. The zero-order chi connectivity index (χ0) is 13.0. The van der Waals surface area contributed by atoms with E-state index in [0.717, 1.165) is 23.7 Å². The van der Waals surface area contributed by atoms with Crippen molar-refractivity contribution in [1.82, 2.24) is 9.78 Å². The molecular weight excluding hydrogens is 244 g/mol. The first-order chi connectivity index (χ1) is 8.74. The van der Waals surface area contributed by atoms with Gasteiger partial charge in [0, 0.05) is 0 Å². The van der Waals surface area contributed by atoms with Crippen molar-refractivity contribution in [3.8, 4) is 5.40 Å². The minimum absolute atomic E-state index is 0.543. The van der Waals surface area contributed by atoms with E-state index < -0.39 is 0 Å². The van der Waals surface area contributed by atoms with Crippen LogP contribution in [0.5, 0.6) is 0 Å². The molecule has 1 aromatic heterocycles. The molecule has 0 saturated carbocycles. The Labute approximate surface area is 110 Å². The van der Waals surface area contributed by atoms with Crippen molar-refractivity contribution in [3.05, 3.63) is 41.6 Å². The van der Waals surface area contributed by atoms with Crippen LogP contribution >= 0.6 is 11.8 Å². The zero-order valence-corrected chi connectivity index (χ0v) is 10.9. The highest BCUT2D eigenvalue weighted by Gasteiger charge is 2.08. The second-order valence-electron chi connectivity index (χ2n) is 3.92. The number of aryl methyl sites for hydroxylation is 1. The van der Waals surface area contributed by atoms with E-state index in [4.69, 9.17) is 11.0 Å². The molecule has 5 heteroatoms. The number of aromatic nitrogens is 2. The number of nitrogens with two attached hydrogens (primary N) is 1. The van der Waals surface area contributed by atoms with E-state index >= 15 is 0 Å². The van der Waals surface area contributed by atoms with Crippen LogP contribution < -0.4 is 5.73 Å². The lowest BCUT2D eigenvalue weighted by Crippen LogP contribution is -2.06. The van der Waals surface area contributed by atoms with Gasteiger partial charge in [-0.05, 0) is 29.3 Å². The van der Waals surface area contributed by atoms with Crippen LogP contribution in [0, 0.1) is 10.7 Å². The number of anilines is 1. The highest BCUT2D eigenvalue weighted by Crippen LogP contribution is 2.23. The summed E-state index contributed by atoms with van der Waals surface area (Å²) in [5, 5.41) is 14.8. The summed E-state index contributed by atoms with van der Waals surface area (Å²) < 4.78 is 1.71. The summed E-state index contributed by atoms with van der Waals surface area (Å²) in [4.78, 5) is 0.711. The number of nitrogens with zero attached hydrogens (tertiary/aromatic N) is 3. The first kappa shape index (κ1) is 12.5. The zero-order valence-electron chi connectivity index (χ0n) is 10.1. The Kier molecular flexibility index (Phi) is 3.90. The SMILES string of the molecule is CCc1ccc(Cn2ncc(SC#N)c2N)cc1. The molecule has 0 fully saturated rings. The number of hydrogen-bond acceptors (Lipinski definition) is 4. The normalized spacial score (nSPS) is 10.2. The number of benzene rings is 1. The quantitative estimate of drug-likeness (QED) is 0.676. The third kappa shape index (κ3) is 2.66. The highest BCUT2D eigenvalue weighted by molar-refractivity contribution is 8.03. The molecule has 1 heterocycles. The molecule has 4 nitrogen and oxygen atoms in total. The fraction of sp³-hybridized carbons (Fsp3) is 0.231. The van der Waals surface area contributed by atoms with Gasteiger partial charge in [-0.3, -0.25) is 0 Å². The topological polar surface area (TPSA) is 67.6 Å². The number of nitrogen functional groups attached to an aromatic ring is 1. The lowest BCUT2D eigenvalue weighted by Gasteiger charge is -2.05. The third-order valence-corrected chi connectivity index (χ3v) is 3.39. The summed E-state index contributed by atoms with van der Waals surface area (Å²) in [6.07, 6.45) is 2.66. The Morgan fingerprint density at radius 1 is 1.33 bits per heavy atom.